The highest BCUT2D eigenvalue weighted by molar-refractivity contribution is 4.91. The van der Waals surface area contributed by atoms with Crippen LogP contribution in [0.1, 0.15) is 79.1 Å². The Morgan fingerprint density at radius 3 is 2.35 bits per heavy atom. The molecule has 1 rings (SSSR count). The molecule has 1 N–H and O–H groups in total. The topological polar surface area (TPSA) is 21.3 Å². The van der Waals surface area contributed by atoms with Crippen LogP contribution in [-0.4, -0.2) is 25.3 Å². The second-order valence-electron chi connectivity index (χ2n) is 6.47. The fourth-order valence-corrected chi connectivity index (χ4v) is 3.20. The van der Waals surface area contributed by atoms with Crippen LogP contribution in [-0.2, 0) is 4.74 Å². The van der Waals surface area contributed by atoms with Crippen molar-refractivity contribution in [2.24, 2.45) is 11.8 Å². The lowest BCUT2D eigenvalue weighted by Gasteiger charge is -2.31. The standard InChI is InChI=1S/C18H37NO/c1-5-9-10-15(7-3)14-17(19-13-6-2)18(20-8-4)16-11-12-16/h15-19H,5-14H2,1-4H3. The molecule has 0 saturated heterocycles. The fourth-order valence-electron chi connectivity index (χ4n) is 3.20. The minimum Gasteiger partial charge on any atom is -0.377 e. The van der Waals surface area contributed by atoms with Crippen LogP contribution in [0.15, 0.2) is 0 Å². The average Bonchev–Trinajstić information content (AvgIpc) is 3.29. The van der Waals surface area contributed by atoms with Gasteiger partial charge in [-0.2, -0.15) is 0 Å². The van der Waals surface area contributed by atoms with Gasteiger partial charge in [0, 0.05) is 12.6 Å². The quantitative estimate of drug-likeness (QED) is 0.525. The van der Waals surface area contributed by atoms with E-state index in [9.17, 15) is 0 Å². The number of hydrogen-bond acceptors (Lipinski definition) is 2. The molecule has 0 aromatic heterocycles. The van der Waals surface area contributed by atoms with Crippen molar-refractivity contribution in [3.05, 3.63) is 0 Å². The average molecular weight is 284 g/mol. The zero-order chi connectivity index (χ0) is 14.8. The SMILES string of the molecule is CCCCC(CC)CC(NCCC)C(OCC)C1CC1. The minimum absolute atomic E-state index is 0.460. The van der Waals surface area contributed by atoms with Gasteiger partial charge in [0.25, 0.3) is 0 Å². The van der Waals surface area contributed by atoms with Crippen LogP contribution >= 0.6 is 0 Å². The van der Waals surface area contributed by atoms with Gasteiger partial charge in [0.05, 0.1) is 6.10 Å². The molecule has 0 aliphatic heterocycles. The monoisotopic (exact) mass is 283 g/mol. The van der Waals surface area contributed by atoms with E-state index in [0.717, 1.165) is 25.0 Å². The Hall–Kier alpha value is -0.0800. The van der Waals surface area contributed by atoms with Crippen LogP contribution in [0.5, 0.6) is 0 Å². The Labute approximate surface area is 127 Å². The number of hydrogen-bond donors (Lipinski definition) is 1. The Kier molecular flexibility index (Phi) is 9.54. The van der Waals surface area contributed by atoms with Crippen molar-refractivity contribution < 1.29 is 4.74 Å². The third-order valence-corrected chi connectivity index (χ3v) is 4.63. The number of rotatable bonds is 13. The van der Waals surface area contributed by atoms with Gasteiger partial charge in [0.2, 0.25) is 0 Å². The molecule has 0 bridgehead atoms. The lowest BCUT2D eigenvalue weighted by atomic mass is 9.88. The Morgan fingerprint density at radius 2 is 1.85 bits per heavy atom. The van der Waals surface area contributed by atoms with Gasteiger partial charge in [-0.05, 0) is 51.0 Å². The van der Waals surface area contributed by atoms with Crippen molar-refractivity contribution in [2.75, 3.05) is 13.2 Å². The highest BCUT2D eigenvalue weighted by Crippen LogP contribution is 2.37. The van der Waals surface area contributed by atoms with Gasteiger partial charge in [-0.3, -0.25) is 0 Å². The molecular formula is C18H37NO. The summed E-state index contributed by atoms with van der Waals surface area (Å²) < 4.78 is 6.11. The molecule has 1 aliphatic rings. The first kappa shape index (κ1) is 18.0. The van der Waals surface area contributed by atoms with Crippen LogP contribution in [0.3, 0.4) is 0 Å². The van der Waals surface area contributed by atoms with Crippen molar-refractivity contribution in [3.8, 4) is 0 Å². The molecule has 0 aromatic carbocycles. The molecule has 2 heteroatoms. The summed E-state index contributed by atoms with van der Waals surface area (Å²) in [4.78, 5) is 0. The summed E-state index contributed by atoms with van der Waals surface area (Å²) in [6.45, 7) is 11.0. The molecule has 1 fully saturated rings. The maximum atomic E-state index is 6.11. The smallest absolute Gasteiger partial charge is 0.0756 e. The number of ether oxygens (including phenoxy) is 1. The van der Waals surface area contributed by atoms with Crippen molar-refractivity contribution >= 4 is 0 Å². The number of nitrogens with one attached hydrogen (secondary N) is 1. The molecule has 0 amide bonds. The summed E-state index contributed by atoms with van der Waals surface area (Å²) in [6, 6.07) is 0.573. The summed E-state index contributed by atoms with van der Waals surface area (Å²) >= 11 is 0. The Bertz CT molecular complexity index is 227. The zero-order valence-electron chi connectivity index (χ0n) is 14.3. The molecule has 0 spiro atoms. The minimum atomic E-state index is 0.460. The van der Waals surface area contributed by atoms with E-state index in [0.29, 0.717) is 12.1 Å². The third-order valence-electron chi connectivity index (χ3n) is 4.63. The van der Waals surface area contributed by atoms with Crippen LogP contribution in [0.4, 0.5) is 0 Å². The van der Waals surface area contributed by atoms with E-state index < -0.39 is 0 Å². The van der Waals surface area contributed by atoms with E-state index in [1.807, 2.05) is 0 Å². The largest absolute Gasteiger partial charge is 0.377 e. The van der Waals surface area contributed by atoms with Gasteiger partial charge in [0.15, 0.2) is 0 Å². The molecule has 3 atom stereocenters. The zero-order valence-corrected chi connectivity index (χ0v) is 14.3. The number of unbranched alkanes of at least 4 members (excludes halogenated alkanes) is 1. The predicted molar refractivity (Wildman–Crippen MR) is 88.1 cm³/mol. The molecule has 1 saturated carbocycles. The predicted octanol–water partition coefficient (Wildman–Crippen LogP) is 4.78. The van der Waals surface area contributed by atoms with E-state index in [1.54, 1.807) is 0 Å². The second-order valence-corrected chi connectivity index (χ2v) is 6.47. The molecule has 0 aromatic rings. The third kappa shape index (κ3) is 6.58. The first-order valence-corrected chi connectivity index (χ1v) is 9.11. The van der Waals surface area contributed by atoms with E-state index in [4.69, 9.17) is 4.74 Å². The van der Waals surface area contributed by atoms with E-state index >= 15 is 0 Å². The van der Waals surface area contributed by atoms with Crippen LogP contribution in [0.25, 0.3) is 0 Å². The summed E-state index contributed by atoms with van der Waals surface area (Å²) in [7, 11) is 0. The maximum Gasteiger partial charge on any atom is 0.0756 e. The van der Waals surface area contributed by atoms with Gasteiger partial charge in [0.1, 0.15) is 0 Å². The Morgan fingerprint density at radius 1 is 1.10 bits per heavy atom. The molecule has 1 aliphatic carbocycles. The summed E-state index contributed by atoms with van der Waals surface area (Å²) in [5.74, 6) is 1.69. The molecule has 0 heterocycles. The van der Waals surface area contributed by atoms with Crippen molar-refractivity contribution in [1.29, 1.82) is 0 Å². The Balaban J connectivity index is 2.55. The van der Waals surface area contributed by atoms with E-state index in [1.165, 1.54) is 51.4 Å². The van der Waals surface area contributed by atoms with E-state index in [2.05, 4.69) is 33.0 Å². The first-order chi connectivity index (χ1) is 9.76. The van der Waals surface area contributed by atoms with Crippen molar-refractivity contribution in [1.82, 2.24) is 5.32 Å². The van der Waals surface area contributed by atoms with E-state index in [-0.39, 0.29) is 0 Å². The summed E-state index contributed by atoms with van der Waals surface area (Å²) in [5.41, 5.74) is 0. The van der Waals surface area contributed by atoms with Crippen molar-refractivity contribution in [2.45, 2.75) is 91.2 Å². The molecular weight excluding hydrogens is 246 g/mol. The van der Waals surface area contributed by atoms with Gasteiger partial charge in [-0.1, -0.05) is 46.5 Å². The molecule has 0 radical (unpaired) electrons. The van der Waals surface area contributed by atoms with Crippen LogP contribution < -0.4 is 5.32 Å². The van der Waals surface area contributed by atoms with Gasteiger partial charge < -0.3 is 10.1 Å². The fraction of sp³-hybridized carbons (Fsp3) is 1.00. The summed E-state index contributed by atoms with van der Waals surface area (Å²) in [6.07, 6.45) is 11.1. The lowest BCUT2D eigenvalue weighted by Crippen LogP contribution is -2.44. The lowest BCUT2D eigenvalue weighted by molar-refractivity contribution is 0.0122. The normalized spacial score (nSPS) is 19.8. The van der Waals surface area contributed by atoms with Crippen molar-refractivity contribution in [3.63, 3.8) is 0 Å². The molecule has 20 heavy (non-hydrogen) atoms. The maximum absolute atomic E-state index is 6.11. The highest BCUT2D eigenvalue weighted by Gasteiger charge is 2.37. The first-order valence-electron chi connectivity index (χ1n) is 9.11. The second kappa shape index (κ2) is 10.6. The molecule has 2 nitrogen and oxygen atoms in total. The molecule has 120 valence electrons. The summed E-state index contributed by atoms with van der Waals surface area (Å²) in [5, 5.41) is 3.79. The van der Waals surface area contributed by atoms with Crippen LogP contribution in [0.2, 0.25) is 0 Å². The van der Waals surface area contributed by atoms with Crippen LogP contribution in [0, 0.1) is 11.8 Å². The molecule has 3 unspecified atom stereocenters. The highest BCUT2D eigenvalue weighted by atomic mass is 16.5. The van der Waals surface area contributed by atoms with Gasteiger partial charge in [-0.25, -0.2) is 0 Å². The van der Waals surface area contributed by atoms with Gasteiger partial charge >= 0.3 is 0 Å². The van der Waals surface area contributed by atoms with Gasteiger partial charge in [-0.15, -0.1) is 0 Å².